The highest BCUT2D eigenvalue weighted by Gasteiger charge is 2.32. The summed E-state index contributed by atoms with van der Waals surface area (Å²) in [6, 6.07) is 1.21. The molecule has 2 heteroatoms. The van der Waals surface area contributed by atoms with Gasteiger partial charge < -0.3 is 10.1 Å². The lowest BCUT2D eigenvalue weighted by Gasteiger charge is -2.28. The zero-order chi connectivity index (χ0) is 11.3. The van der Waals surface area contributed by atoms with Crippen molar-refractivity contribution in [1.82, 2.24) is 5.32 Å². The third kappa shape index (κ3) is 4.12. The van der Waals surface area contributed by atoms with Crippen LogP contribution in [0.1, 0.15) is 46.5 Å². The fourth-order valence-electron chi connectivity index (χ4n) is 2.47. The second-order valence-corrected chi connectivity index (χ2v) is 4.93. The van der Waals surface area contributed by atoms with E-state index in [1.165, 1.54) is 25.7 Å². The Bertz CT molecular complexity index is 164. The molecule has 0 aliphatic heterocycles. The van der Waals surface area contributed by atoms with Gasteiger partial charge >= 0.3 is 0 Å². The van der Waals surface area contributed by atoms with Gasteiger partial charge in [-0.05, 0) is 31.6 Å². The van der Waals surface area contributed by atoms with Crippen molar-refractivity contribution in [1.29, 1.82) is 0 Å². The van der Waals surface area contributed by atoms with Crippen LogP contribution in [0.4, 0.5) is 0 Å². The molecule has 90 valence electrons. The molecule has 1 saturated carbocycles. The SMILES string of the molecule is CCC(CC)C(C)NC(COC)C1CC1. The van der Waals surface area contributed by atoms with Crippen LogP contribution in [-0.2, 0) is 4.74 Å². The zero-order valence-electron chi connectivity index (χ0n) is 10.8. The van der Waals surface area contributed by atoms with E-state index in [0.717, 1.165) is 18.4 Å². The summed E-state index contributed by atoms with van der Waals surface area (Å²) in [5.41, 5.74) is 0. The van der Waals surface area contributed by atoms with Gasteiger partial charge in [-0.3, -0.25) is 0 Å². The Morgan fingerprint density at radius 2 is 1.87 bits per heavy atom. The van der Waals surface area contributed by atoms with Crippen molar-refractivity contribution in [3.63, 3.8) is 0 Å². The molecule has 1 aliphatic rings. The zero-order valence-corrected chi connectivity index (χ0v) is 10.8. The molecule has 0 amide bonds. The minimum atomic E-state index is 0.589. The number of hydrogen-bond donors (Lipinski definition) is 1. The first kappa shape index (κ1) is 13.0. The largest absolute Gasteiger partial charge is 0.383 e. The molecular formula is C13H27NO. The van der Waals surface area contributed by atoms with Crippen LogP contribution in [0.3, 0.4) is 0 Å². The molecule has 0 spiro atoms. The quantitative estimate of drug-likeness (QED) is 0.669. The summed E-state index contributed by atoms with van der Waals surface area (Å²) in [7, 11) is 1.80. The Morgan fingerprint density at radius 1 is 1.27 bits per heavy atom. The highest BCUT2D eigenvalue weighted by molar-refractivity contribution is 4.88. The smallest absolute Gasteiger partial charge is 0.0618 e. The minimum absolute atomic E-state index is 0.589. The molecule has 1 fully saturated rings. The highest BCUT2D eigenvalue weighted by atomic mass is 16.5. The van der Waals surface area contributed by atoms with E-state index in [1.807, 2.05) is 0 Å². The number of nitrogens with one attached hydrogen (secondary N) is 1. The van der Waals surface area contributed by atoms with Crippen molar-refractivity contribution in [2.24, 2.45) is 11.8 Å². The fraction of sp³-hybridized carbons (Fsp3) is 1.00. The van der Waals surface area contributed by atoms with Crippen LogP contribution in [0.25, 0.3) is 0 Å². The van der Waals surface area contributed by atoms with Crippen LogP contribution in [-0.4, -0.2) is 25.8 Å². The average molecular weight is 213 g/mol. The normalized spacial score (nSPS) is 20.6. The number of ether oxygens (including phenoxy) is 1. The number of methoxy groups -OCH3 is 1. The van der Waals surface area contributed by atoms with Gasteiger partial charge in [0, 0.05) is 19.2 Å². The van der Waals surface area contributed by atoms with E-state index in [1.54, 1.807) is 7.11 Å². The van der Waals surface area contributed by atoms with E-state index >= 15 is 0 Å². The molecular weight excluding hydrogens is 186 g/mol. The van der Waals surface area contributed by atoms with Crippen molar-refractivity contribution < 1.29 is 4.74 Å². The Morgan fingerprint density at radius 3 is 2.27 bits per heavy atom. The van der Waals surface area contributed by atoms with E-state index in [9.17, 15) is 0 Å². The van der Waals surface area contributed by atoms with Crippen molar-refractivity contribution in [2.45, 2.75) is 58.5 Å². The van der Waals surface area contributed by atoms with Crippen molar-refractivity contribution >= 4 is 0 Å². The summed E-state index contributed by atoms with van der Waals surface area (Å²) in [6.45, 7) is 7.77. The summed E-state index contributed by atoms with van der Waals surface area (Å²) in [6.07, 6.45) is 5.32. The Balaban J connectivity index is 2.34. The molecule has 0 aromatic heterocycles. The van der Waals surface area contributed by atoms with Gasteiger partial charge in [0.1, 0.15) is 0 Å². The number of hydrogen-bond acceptors (Lipinski definition) is 2. The van der Waals surface area contributed by atoms with Gasteiger partial charge in [-0.25, -0.2) is 0 Å². The second kappa shape index (κ2) is 6.49. The molecule has 0 aromatic carbocycles. The van der Waals surface area contributed by atoms with Gasteiger partial charge in [0.15, 0.2) is 0 Å². The van der Waals surface area contributed by atoms with Crippen LogP contribution in [0, 0.1) is 11.8 Å². The maximum absolute atomic E-state index is 5.29. The molecule has 15 heavy (non-hydrogen) atoms. The monoisotopic (exact) mass is 213 g/mol. The van der Waals surface area contributed by atoms with Crippen LogP contribution >= 0.6 is 0 Å². The average Bonchev–Trinajstić information content (AvgIpc) is 3.02. The van der Waals surface area contributed by atoms with Crippen LogP contribution in [0.15, 0.2) is 0 Å². The molecule has 1 N–H and O–H groups in total. The minimum Gasteiger partial charge on any atom is -0.383 e. The maximum atomic E-state index is 5.29. The molecule has 0 bridgehead atoms. The second-order valence-electron chi connectivity index (χ2n) is 4.93. The molecule has 0 radical (unpaired) electrons. The molecule has 0 saturated heterocycles. The van der Waals surface area contributed by atoms with Gasteiger partial charge in [-0.2, -0.15) is 0 Å². The van der Waals surface area contributed by atoms with Gasteiger partial charge in [0.05, 0.1) is 6.61 Å². The first-order valence-electron chi connectivity index (χ1n) is 6.47. The Labute approximate surface area is 94.8 Å². The van der Waals surface area contributed by atoms with E-state index in [-0.39, 0.29) is 0 Å². The summed E-state index contributed by atoms with van der Waals surface area (Å²) in [4.78, 5) is 0. The molecule has 2 unspecified atom stereocenters. The summed E-state index contributed by atoms with van der Waals surface area (Å²) in [5.74, 6) is 1.69. The third-order valence-electron chi connectivity index (χ3n) is 3.77. The van der Waals surface area contributed by atoms with Crippen LogP contribution in [0.2, 0.25) is 0 Å². The molecule has 0 aromatic rings. The molecule has 1 rings (SSSR count). The van der Waals surface area contributed by atoms with Crippen molar-refractivity contribution in [3.05, 3.63) is 0 Å². The maximum Gasteiger partial charge on any atom is 0.0618 e. The molecule has 2 nitrogen and oxygen atoms in total. The Kier molecular flexibility index (Phi) is 5.62. The van der Waals surface area contributed by atoms with Gasteiger partial charge in [0.25, 0.3) is 0 Å². The van der Waals surface area contributed by atoms with Gasteiger partial charge in [0.2, 0.25) is 0 Å². The lowest BCUT2D eigenvalue weighted by molar-refractivity contribution is 0.145. The lowest BCUT2D eigenvalue weighted by Crippen LogP contribution is -2.44. The van der Waals surface area contributed by atoms with Gasteiger partial charge in [-0.1, -0.05) is 26.7 Å². The first-order valence-corrected chi connectivity index (χ1v) is 6.47. The standard InChI is InChI=1S/C13H27NO/c1-5-11(6-2)10(3)14-13(9-15-4)12-7-8-12/h10-14H,5-9H2,1-4H3. The predicted octanol–water partition coefficient (Wildman–Crippen LogP) is 2.83. The first-order chi connectivity index (χ1) is 7.22. The van der Waals surface area contributed by atoms with Crippen molar-refractivity contribution in [3.8, 4) is 0 Å². The van der Waals surface area contributed by atoms with Crippen LogP contribution < -0.4 is 5.32 Å². The van der Waals surface area contributed by atoms with Crippen molar-refractivity contribution in [2.75, 3.05) is 13.7 Å². The van der Waals surface area contributed by atoms with E-state index in [2.05, 4.69) is 26.1 Å². The topological polar surface area (TPSA) is 21.3 Å². The molecule has 0 heterocycles. The summed E-state index contributed by atoms with van der Waals surface area (Å²) < 4.78 is 5.29. The summed E-state index contributed by atoms with van der Waals surface area (Å²) in [5, 5.41) is 3.76. The number of rotatable bonds is 8. The van der Waals surface area contributed by atoms with E-state index in [4.69, 9.17) is 4.74 Å². The summed E-state index contributed by atoms with van der Waals surface area (Å²) >= 11 is 0. The van der Waals surface area contributed by atoms with Crippen LogP contribution in [0.5, 0.6) is 0 Å². The van der Waals surface area contributed by atoms with E-state index in [0.29, 0.717) is 12.1 Å². The third-order valence-corrected chi connectivity index (χ3v) is 3.77. The van der Waals surface area contributed by atoms with E-state index < -0.39 is 0 Å². The lowest BCUT2D eigenvalue weighted by atomic mass is 9.94. The molecule has 2 atom stereocenters. The molecule has 1 aliphatic carbocycles. The fourth-order valence-corrected chi connectivity index (χ4v) is 2.47. The van der Waals surface area contributed by atoms with Gasteiger partial charge in [-0.15, -0.1) is 0 Å². The highest BCUT2D eigenvalue weighted by Crippen LogP contribution is 2.33. The predicted molar refractivity (Wildman–Crippen MR) is 65.1 cm³/mol. The Hall–Kier alpha value is -0.0800.